The lowest BCUT2D eigenvalue weighted by molar-refractivity contribution is -0.147. The minimum absolute atomic E-state index is 0.114. The third-order valence-electron chi connectivity index (χ3n) is 7.49. The van der Waals surface area contributed by atoms with Crippen LogP contribution in [0.5, 0.6) is 11.5 Å². The zero-order valence-corrected chi connectivity index (χ0v) is 20.5. The van der Waals surface area contributed by atoms with Crippen molar-refractivity contribution in [3.63, 3.8) is 0 Å². The molecular weight excluding hydrogens is 468 g/mol. The molecule has 6 rings (SSSR count). The fourth-order valence-electron chi connectivity index (χ4n) is 5.57. The molecule has 190 valence electrons. The van der Waals surface area contributed by atoms with Gasteiger partial charge in [-0.25, -0.2) is 5.43 Å². The Kier molecular flexibility index (Phi) is 6.51. The quantitative estimate of drug-likeness (QED) is 0.527. The van der Waals surface area contributed by atoms with Gasteiger partial charge in [-0.3, -0.25) is 19.9 Å². The number of hydrogen-bond donors (Lipinski definition) is 2. The molecule has 8 heteroatoms. The maximum Gasteiger partial charge on any atom is 0.247 e. The first-order valence-corrected chi connectivity index (χ1v) is 12.7. The van der Waals surface area contributed by atoms with Crippen molar-refractivity contribution in [2.24, 2.45) is 5.92 Å². The zero-order chi connectivity index (χ0) is 25.2. The molecule has 2 fully saturated rings. The highest BCUT2D eigenvalue weighted by Gasteiger charge is 2.46. The Morgan fingerprint density at radius 2 is 1.51 bits per heavy atom. The Hall–Kier alpha value is -3.88. The van der Waals surface area contributed by atoms with Crippen LogP contribution < -0.4 is 20.3 Å². The van der Waals surface area contributed by atoms with Crippen molar-refractivity contribution in [2.75, 3.05) is 33.0 Å². The molecule has 3 atom stereocenters. The van der Waals surface area contributed by atoms with Crippen molar-refractivity contribution in [2.45, 2.75) is 18.5 Å². The summed E-state index contributed by atoms with van der Waals surface area (Å²) >= 11 is 0. The number of hydrazine groups is 1. The number of piperazine rings is 1. The molecule has 0 aromatic heterocycles. The molecule has 0 radical (unpaired) electrons. The largest absolute Gasteiger partial charge is 0.454 e. The minimum atomic E-state index is -0.811. The summed E-state index contributed by atoms with van der Waals surface area (Å²) in [6.45, 7) is 3.68. The Balaban J connectivity index is 1.18. The Morgan fingerprint density at radius 3 is 2.24 bits per heavy atom. The molecule has 0 saturated carbocycles. The van der Waals surface area contributed by atoms with Gasteiger partial charge >= 0.3 is 0 Å². The lowest BCUT2D eigenvalue weighted by atomic mass is 9.75. The lowest BCUT2D eigenvalue weighted by Crippen LogP contribution is -2.59. The van der Waals surface area contributed by atoms with Crippen LogP contribution in [0.4, 0.5) is 0 Å². The third kappa shape index (κ3) is 4.77. The number of amides is 2. The lowest BCUT2D eigenvalue weighted by Gasteiger charge is -2.42. The first-order chi connectivity index (χ1) is 18.2. The molecule has 0 aliphatic carbocycles. The molecule has 3 aliphatic heterocycles. The van der Waals surface area contributed by atoms with E-state index in [1.165, 1.54) is 0 Å². The maximum atomic E-state index is 13.9. The Labute approximate surface area is 216 Å². The van der Waals surface area contributed by atoms with Gasteiger partial charge in [-0.1, -0.05) is 66.7 Å². The van der Waals surface area contributed by atoms with Crippen LogP contribution in [0.1, 0.15) is 28.7 Å². The number of carbonyl (C=O) groups is 2. The van der Waals surface area contributed by atoms with Crippen molar-refractivity contribution < 1.29 is 19.1 Å². The fourth-order valence-corrected chi connectivity index (χ4v) is 5.57. The minimum Gasteiger partial charge on any atom is -0.454 e. The Bertz CT molecular complexity index is 1260. The predicted molar refractivity (Wildman–Crippen MR) is 138 cm³/mol. The van der Waals surface area contributed by atoms with E-state index in [4.69, 9.17) is 9.47 Å². The molecular formula is C29H30N4O4. The van der Waals surface area contributed by atoms with E-state index in [1.807, 2.05) is 77.7 Å². The maximum absolute atomic E-state index is 13.9. The van der Waals surface area contributed by atoms with Gasteiger partial charge in [0.25, 0.3) is 0 Å². The Morgan fingerprint density at radius 1 is 0.838 bits per heavy atom. The van der Waals surface area contributed by atoms with Crippen LogP contribution >= 0.6 is 0 Å². The zero-order valence-electron chi connectivity index (χ0n) is 20.5. The van der Waals surface area contributed by atoms with Crippen LogP contribution in [0.2, 0.25) is 0 Å². The van der Waals surface area contributed by atoms with E-state index < -0.39 is 5.92 Å². The summed E-state index contributed by atoms with van der Waals surface area (Å²) in [4.78, 5) is 31.3. The van der Waals surface area contributed by atoms with Crippen LogP contribution in [0.15, 0.2) is 78.9 Å². The fraction of sp³-hybridized carbons (Fsp3) is 0.310. The van der Waals surface area contributed by atoms with Crippen LogP contribution in [0.25, 0.3) is 0 Å². The predicted octanol–water partition coefficient (Wildman–Crippen LogP) is 2.84. The molecule has 3 unspecified atom stereocenters. The second-order valence-electron chi connectivity index (χ2n) is 9.73. The summed E-state index contributed by atoms with van der Waals surface area (Å²) in [7, 11) is 0. The summed E-state index contributed by atoms with van der Waals surface area (Å²) in [6, 6.07) is 25.7. The normalized spacial score (nSPS) is 23.5. The van der Waals surface area contributed by atoms with E-state index in [2.05, 4.69) is 21.8 Å². The number of benzene rings is 3. The van der Waals surface area contributed by atoms with Crippen molar-refractivity contribution in [3.8, 4) is 11.5 Å². The molecule has 3 heterocycles. The van der Waals surface area contributed by atoms with Crippen molar-refractivity contribution in [3.05, 3.63) is 95.6 Å². The number of ether oxygens (including phenoxy) is 2. The van der Waals surface area contributed by atoms with Gasteiger partial charge in [0, 0.05) is 38.6 Å². The van der Waals surface area contributed by atoms with Crippen LogP contribution in [-0.4, -0.2) is 54.6 Å². The number of nitrogens with one attached hydrogen (secondary N) is 2. The number of carbonyl (C=O) groups excluding carboxylic acids is 2. The summed E-state index contributed by atoms with van der Waals surface area (Å²) in [5.41, 5.74) is 9.12. The van der Waals surface area contributed by atoms with E-state index in [1.54, 1.807) is 0 Å². The van der Waals surface area contributed by atoms with E-state index >= 15 is 0 Å². The standard InChI is InChI=1S/C29H30N4O4/c34-28-26(25(21-7-3-1-4-8-21)27(30-31-28)22-9-5-2-6-10-22)29(35)33-15-13-32(14-16-33)18-20-11-12-23-24(17-20)37-19-36-23/h1-12,17,25-27,30H,13-16,18-19H2,(H,31,34). The van der Waals surface area contributed by atoms with Gasteiger partial charge in [0.15, 0.2) is 11.5 Å². The number of rotatable bonds is 5. The van der Waals surface area contributed by atoms with Gasteiger partial charge in [-0.15, -0.1) is 0 Å². The average molecular weight is 499 g/mol. The molecule has 3 aromatic rings. The van der Waals surface area contributed by atoms with Gasteiger partial charge in [-0.2, -0.15) is 0 Å². The second kappa shape index (κ2) is 10.2. The number of hydrogen-bond acceptors (Lipinski definition) is 6. The van der Waals surface area contributed by atoms with Crippen molar-refractivity contribution in [1.29, 1.82) is 0 Å². The molecule has 3 aliphatic rings. The topological polar surface area (TPSA) is 83.1 Å². The highest BCUT2D eigenvalue weighted by atomic mass is 16.7. The molecule has 2 amide bonds. The highest BCUT2D eigenvalue weighted by molar-refractivity contribution is 6.02. The van der Waals surface area contributed by atoms with E-state index in [0.717, 1.165) is 47.8 Å². The summed E-state index contributed by atoms with van der Waals surface area (Å²) in [5, 5.41) is 0. The third-order valence-corrected chi connectivity index (χ3v) is 7.49. The van der Waals surface area contributed by atoms with Gasteiger partial charge in [0.1, 0.15) is 5.92 Å². The SMILES string of the molecule is O=C1NNC(c2ccccc2)C(c2ccccc2)C1C(=O)N1CCN(Cc2ccc3c(c2)OCO3)CC1. The van der Waals surface area contributed by atoms with E-state index in [-0.39, 0.29) is 30.6 Å². The smallest absolute Gasteiger partial charge is 0.247 e. The summed E-state index contributed by atoms with van der Waals surface area (Å²) < 4.78 is 10.9. The van der Waals surface area contributed by atoms with E-state index in [9.17, 15) is 9.59 Å². The van der Waals surface area contributed by atoms with Gasteiger partial charge in [-0.05, 0) is 28.8 Å². The summed E-state index contributed by atoms with van der Waals surface area (Å²) in [6.07, 6.45) is 0. The van der Waals surface area contributed by atoms with Crippen LogP contribution in [-0.2, 0) is 16.1 Å². The second-order valence-corrected chi connectivity index (χ2v) is 9.73. The molecule has 8 nitrogen and oxygen atoms in total. The van der Waals surface area contributed by atoms with Crippen molar-refractivity contribution >= 4 is 11.8 Å². The number of nitrogens with zero attached hydrogens (tertiary/aromatic N) is 2. The van der Waals surface area contributed by atoms with Gasteiger partial charge in [0.05, 0.1) is 6.04 Å². The molecule has 0 bridgehead atoms. The van der Waals surface area contributed by atoms with Gasteiger partial charge in [0.2, 0.25) is 18.6 Å². The van der Waals surface area contributed by atoms with E-state index in [0.29, 0.717) is 13.1 Å². The number of fused-ring (bicyclic) bond motifs is 1. The first-order valence-electron chi connectivity index (χ1n) is 12.7. The summed E-state index contributed by atoms with van der Waals surface area (Å²) in [5.74, 6) is 0.0282. The highest BCUT2D eigenvalue weighted by Crippen LogP contribution is 2.40. The average Bonchev–Trinajstić information content (AvgIpc) is 3.42. The van der Waals surface area contributed by atoms with Crippen LogP contribution in [0.3, 0.4) is 0 Å². The molecule has 0 spiro atoms. The molecule has 2 N–H and O–H groups in total. The molecule has 37 heavy (non-hydrogen) atoms. The van der Waals surface area contributed by atoms with Gasteiger partial charge < -0.3 is 14.4 Å². The van der Waals surface area contributed by atoms with Crippen molar-refractivity contribution in [1.82, 2.24) is 20.7 Å². The van der Waals surface area contributed by atoms with Crippen LogP contribution in [0, 0.1) is 5.92 Å². The monoisotopic (exact) mass is 498 g/mol. The molecule has 2 saturated heterocycles. The first kappa shape index (κ1) is 23.5. The molecule has 3 aromatic carbocycles.